The van der Waals surface area contributed by atoms with E-state index in [2.05, 4.69) is 17.8 Å². The molecule has 1 aromatic rings. The maximum absolute atomic E-state index is 12.8. The van der Waals surface area contributed by atoms with Gasteiger partial charge in [0.2, 0.25) is 5.91 Å². The molecule has 2 N–H and O–H groups in total. The summed E-state index contributed by atoms with van der Waals surface area (Å²) in [5, 5.41) is 0. The number of amides is 1. The fraction of sp³-hybridized carbons (Fsp3) is 0.588. The van der Waals surface area contributed by atoms with Crippen molar-refractivity contribution in [3.05, 3.63) is 35.9 Å². The summed E-state index contributed by atoms with van der Waals surface area (Å²) in [6.07, 6.45) is 3.07. The van der Waals surface area contributed by atoms with Gasteiger partial charge >= 0.3 is 0 Å². The number of benzene rings is 1. The van der Waals surface area contributed by atoms with Crippen LogP contribution < -0.4 is 10.9 Å². The molecule has 122 valence electrons. The van der Waals surface area contributed by atoms with Crippen molar-refractivity contribution in [2.45, 2.75) is 44.8 Å². The highest BCUT2D eigenvalue weighted by Crippen LogP contribution is 2.14. The third-order valence-electron chi connectivity index (χ3n) is 4.01. The van der Waals surface area contributed by atoms with Crippen LogP contribution in [0.3, 0.4) is 0 Å². The van der Waals surface area contributed by atoms with Gasteiger partial charge in [-0.05, 0) is 18.4 Å². The number of hydrazine groups is 1. The number of carbonyl (C=O) groups is 1. The van der Waals surface area contributed by atoms with E-state index in [-0.39, 0.29) is 11.9 Å². The zero-order valence-electron chi connectivity index (χ0n) is 13.5. The largest absolute Gasteiger partial charge is 0.383 e. The molecule has 1 aromatic carbocycles. The molecule has 1 aliphatic heterocycles. The van der Waals surface area contributed by atoms with E-state index in [9.17, 15) is 4.79 Å². The van der Waals surface area contributed by atoms with Gasteiger partial charge in [0, 0.05) is 26.2 Å². The van der Waals surface area contributed by atoms with Crippen LogP contribution in [0.1, 0.15) is 31.7 Å². The van der Waals surface area contributed by atoms with E-state index in [1.165, 1.54) is 0 Å². The second-order valence-corrected chi connectivity index (χ2v) is 5.80. The number of nitrogens with zero attached hydrogens (tertiary/aromatic N) is 1. The SMILES string of the molecule is CCCC1CC(C(=O)N(CCOC)Cc2ccccc2)NN1. The molecule has 22 heavy (non-hydrogen) atoms. The van der Waals surface area contributed by atoms with Crippen molar-refractivity contribution < 1.29 is 9.53 Å². The first-order valence-corrected chi connectivity index (χ1v) is 8.07. The molecule has 0 aliphatic carbocycles. The minimum atomic E-state index is -0.142. The van der Waals surface area contributed by atoms with Gasteiger partial charge in [0.25, 0.3) is 0 Å². The number of hydrogen-bond acceptors (Lipinski definition) is 4. The second-order valence-electron chi connectivity index (χ2n) is 5.80. The van der Waals surface area contributed by atoms with E-state index in [0.29, 0.717) is 25.7 Å². The first-order valence-electron chi connectivity index (χ1n) is 8.07. The maximum atomic E-state index is 12.8. The van der Waals surface area contributed by atoms with Gasteiger partial charge in [-0.3, -0.25) is 10.2 Å². The molecule has 0 radical (unpaired) electrons. The molecule has 0 aromatic heterocycles. The van der Waals surface area contributed by atoms with Crippen LogP contribution in [0.2, 0.25) is 0 Å². The summed E-state index contributed by atoms with van der Waals surface area (Å²) in [5.41, 5.74) is 7.53. The van der Waals surface area contributed by atoms with Crippen molar-refractivity contribution in [2.75, 3.05) is 20.3 Å². The predicted octanol–water partition coefficient (Wildman–Crippen LogP) is 1.70. The zero-order valence-corrected chi connectivity index (χ0v) is 13.5. The average molecular weight is 305 g/mol. The number of carbonyl (C=O) groups excluding carboxylic acids is 1. The lowest BCUT2D eigenvalue weighted by Crippen LogP contribution is -2.46. The molecular formula is C17H27N3O2. The highest BCUT2D eigenvalue weighted by Gasteiger charge is 2.31. The first-order chi connectivity index (χ1) is 10.7. The first kappa shape index (κ1) is 16.9. The Balaban J connectivity index is 1.97. The Hall–Kier alpha value is -1.43. The van der Waals surface area contributed by atoms with E-state index in [4.69, 9.17) is 4.74 Å². The molecule has 1 aliphatic rings. The molecule has 5 nitrogen and oxygen atoms in total. The number of hydrogen-bond donors (Lipinski definition) is 2. The lowest BCUT2D eigenvalue weighted by Gasteiger charge is -2.25. The molecule has 1 heterocycles. The summed E-state index contributed by atoms with van der Waals surface area (Å²) < 4.78 is 5.15. The van der Waals surface area contributed by atoms with Crippen LogP contribution in [0.5, 0.6) is 0 Å². The summed E-state index contributed by atoms with van der Waals surface area (Å²) in [4.78, 5) is 14.7. The summed E-state index contributed by atoms with van der Waals surface area (Å²) in [7, 11) is 1.66. The smallest absolute Gasteiger partial charge is 0.241 e. The summed E-state index contributed by atoms with van der Waals surface area (Å²) in [5.74, 6) is 0.145. The van der Waals surface area contributed by atoms with Gasteiger partial charge in [-0.15, -0.1) is 0 Å². The molecule has 5 heteroatoms. The van der Waals surface area contributed by atoms with Crippen LogP contribution in [0.25, 0.3) is 0 Å². The van der Waals surface area contributed by atoms with Gasteiger partial charge in [-0.1, -0.05) is 43.7 Å². The van der Waals surface area contributed by atoms with Gasteiger partial charge < -0.3 is 9.64 Å². The van der Waals surface area contributed by atoms with Crippen molar-refractivity contribution in [1.82, 2.24) is 15.8 Å². The molecule has 2 atom stereocenters. The lowest BCUT2D eigenvalue weighted by molar-refractivity contribution is -0.134. The van der Waals surface area contributed by atoms with Gasteiger partial charge in [-0.25, -0.2) is 5.43 Å². The Morgan fingerprint density at radius 2 is 2.09 bits per heavy atom. The molecule has 2 rings (SSSR count). The Bertz CT molecular complexity index is 452. The third-order valence-corrected chi connectivity index (χ3v) is 4.01. The van der Waals surface area contributed by atoms with Crippen LogP contribution in [0.15, 0.2) is 30.3 Å². The topological polar surface area (TPSA) is 53.6 Å². The number of methoxy groups -OCH3 is 1. The van der Waals surface area contributed by atoms with Gasteiger partial charge in [0.05, 0.1) is 6.61 Å². The molecule has 0 spiro atoms. The van der Waals surface area contributed by atoms with E-state index in [0.717, 1.165) is 24.8 Å². The van der Waals surface area contributed by atoms with Gasteiger partial charge in [0.1, 0.15) is 6.04 Å². The average Bonchev–Trinajstić information content (AvgIpc) is 3.01. The third kappa shape index (κ3) is 4.80. The highest BCUT2D eigenvalue weighted by molar-refractivity contribution is 5.82. The fourth-order valence-corrected chi connectivity index (χ4v) is 2.81. The standard InChI is InChI=1S/C17H27N3O2/c1-3-7-15-12-16(19-18-15)17(21)20(10-11-22-2)13-14-8-5-4-6-9-14/h4-6,8-9,15-16,18-19H,3,7,10-13H2,1-2H3. The fourth-order valence-electron chi connectivity index (χ4n) is 2.81. The maximum Gasteiger partial charge on any atom is 0.241 e. The Kier molecular flexibility index (Phi) is 6.83. The molecule has 1 saturated heterocycles. The molecular weight excluding hydrogens is 278 g/mol. The van der Waals surface area contributed by atoms with Crippen LogP contribution in [0, 0.1) is 0 Å². The lowest BCUT2D eigenvalue weighted by atomic mass is 10.0. The van der Waals surface area contributed by atoms with Crippen molar-refractivity contribution in [1.29, 1.82) is 0 Å². The number of nitrogens with one attached hydrogen (secondary N) is 2. The van der Waals surface area contributed by atoms with E-state index < -0.39 is 0 Å². The molecule has 2 unspecified atom stereocenters. The highest BCUT2D eigenvalue weighted by atomic mass is 16.5. The number of rotatable bonds is 8. The minimum Gasteiger partial charge on any atom is -0.383 e. The van der Waals surface area contributed by atoms with Gasteiger partial charge in [0.15, 0.2) is 0 Å². The summed E-state index contributed by atoms with van der Waals surface area (Å²) in [6, 6.07) is 10.3. The van der Waals surface area contributed by atoms with E-state index in [1.54, 1.807) is 7.11 Å². The minimum absolute atomic E-state index is 0.142. The van der Waals surface area contributed by atoms with Crippen LogP contribution in [0.4, 0.5) is 0 Å². The molecule has 0 bridgehead atoms. The molecule has 0 saturated carbocycles. The normalized spacial score (nSPS) is 21.0. The summed E-state index contributed by atoms with van der Waals surface area (Å²) in [6.45, 7) is 3.95. The van der Waals surface area contributed by atoms with Crippen LogP contribution in [-0.2, 0) is 16.1 Å². The zero-order chi connectivity index (χ0) is 15.8. The quantitative estimate of drug-likeness (QED) is 0.767. The Morgan fingerprint density at radius 3 is 2.77 bits per heavy atom. The van der Waals surface area contributed by atoms with Crippen molar-refractivity contribution in [3.63, 3.8) is 0 Å². The Morgan fingerprint density at radius 1 is 1.32 bits per heavy atom. The van der Waals surface area contributed by atoms with Crippen LogP contribution in [-0.4, -0.2) is 43.2 Å². The van der Waals surface area contributed by atoms with Crippen molar-refractivity contribution >= 4 is 5.91 Å². The van der Waals surface area contributed by atoms with E-state index in [1.807, 2.05) is 35.2 Å². The number of ether oxygens (including phenoxy) is 1. The second kappa shape index (κ2) is 8.88. The molecule has 1 fully saturated rings. The predicted molar refractivity (Wildman–Crippen MR) is 87.1 cm³/mol. The van der Waals surface area contributed by atoms with Gasteiger partial charge in [-0.2, -0.15) is 0 Å². The van der Waals surface area contributed by atoms with Crippen molar-refractivity contribution in [2.24, 2.45) is 0 Å². The molecule has 1 amide bonds. The summed E-state index contributed by atoms with van der Waals surface area (Å²) >= 11 is 0. The monoisotopic (exact) mass is 305 g/mol. The van der Waals surface area contributed by atoms with Crippen LogP contribution >= 0.6 is 0 Å². The Labute approximate surface area is 133 Å². The van der Waals surface area contributed by atoms with Crippen molar-refractivity contribution in [3.8, 4) is 0 Å². The van der Waals surface area contributed by atoms with E-state index >= 15 is 0 Å².